The summed E-state index contributed by atoms with van der Waals surface area (Å²) in [6.07, 6.45) is 3.59. The SMILES string of the molecule is C=Cc1ccc(Oc2ccc(C=C)cc2CC(C)O)c(CC(C)O)c1. The molecule has 0 spiro atoms. The van der Waals surface area contributed by atoms with Crippen LogP contribution in [0.2, 0.25) is 0 Å². The number of ether oxygens (including phenoxy) is 1. The monoisotopic (exact) mass is 338 g/mol. The fourth-order valence-electron chi connectivity index (χ4n) is 2.73. The van der Waals surface area contributed by atoms with Gasteiger partial charge in [0, 0.05) is 12.8 Å². The maximum atomic E-state index is 9.78. The molecule has 0 radical (unpaired) electrons. The Morgan fingerprint density at radius 1 is 0.840 bits per heavy atom. The number of benzene rings is 2. The third-order valence-electron chi connectivity index (χ3n) is 3.89. The lowest BCUT2D eigenvalue weighted by atomic mass is 10.0. The van der Waals surface area contributed by atoms with E-state index in [2.05, 4.69) is 13.2 Å². The smallest absolute Gasteiger partial charge is 0.130 e. The van der Waals surface area contributed by atoms with Crippen LogP contribution in [0.1, 0.15) is 36.1 Å². The Hall–Kier alpha value is -2.36. The van der Waals surface area contributed by atoms with E-state index >= 15 is 0 Å². The van der Waals surface area contributed by atoms with E-state index in [1.165, 1.54) is 0 Å². The highest BCUT2D eigenvalue weighted by Gasteiger charge is 2.13. The number of hydrogen-bond donors (Lipinski definition) is 2. The van der Waals surface area contributed by atoms with Crippen LogP contribution in [0.3, 0.4) is 0 Å². The Morgan fingerprint density at radius 3 is 1.56 bits per heavy atom. The Labute approximate surface area is 149 Å². The molecular formula is C22H26O3. The molecule has 0 aliphatic rings. The van der Waals surface area contributed by atoms with Gasteiger partial charge in [-0.3, -0.25) is 0 Å². The molecule has 2 N–H and O–H groups in total. The molecule has 0 bridgehead atoms. The van der Waals surface area contributed by atoms with E-state index in [1.54, 1.807) is 26.0 Å². The third-order valence-corrected chi connectivity index (χ3v) is 3.89. The lowest BCUT2D eigenvalue weighted by Gasteiger charge is -2.17. The van der Waals surface area contributed by atoms with Crippen molar-refractivity contribution in [1.82, 2.24) is 0 Å². The topological polar surface area (TPSA) is 49.7 Å². The molecule has 0 aromatic heterocycles. The van der Waals surface area contributed by atoms with Gasteiger partial charge in [0.05, 0.1) is 12.2 Å². The zero-order valence-electron chi connectivity index (χ0n) is 14.9. The molecule has 25 heavy (non-hydrogen) atoms. The van der Waals surface area contributed by atoms with Gasteiger partial charge in [-0.05, 0) is 60.4 Å². The van der Waals surface area contributed by atoms with Crippen molar-refractivity contribution in [2.75, 3.05) is 0 Å². The van der Waals surface area contributed by atoms with Crippen LogP contribution in [-0.4, -0.2) is 22.4 Å². The Morgan fingerprint density at radius 2 is 1.24 bits per heavy atom. The Bertz CT molecular complexity index is 681. The minimum Gasteiger partial charge on any atom is -0.457 e. The molecule has 2 atom stereocenters. The molecule has 2 unspecified atom stereocenters. The van der Waals surface area contributed by atoms with Crippen molar-refractivity contribution in [2.24, 2.45) is 0 Å². The van der Waals surface area contributed by atoms with Crippen molar-refractivity contribution in [2.45, 2.75) is 38.9 Å². The molecule has 0 aliphatic heterocycles. The molecule has 0 amide bonds. The van der Waals surface area contributed by atoms with Gasteiger partial charge in [-0.25, -0.2) is 0 Å². The molecule has 0 fully saturated rings. The summed E-state index contributed by atoms with van der Waals surface area (Å²) in [5.74, 6) is 1.40. The van der Waals surface area contributed by atoms with E-state index in [9.17, 15) is 10.2 Å². The van der Waals surface area contributed by atoms with Crippen molar-refractivity contribution < 1.29 is 14.9 Å². The van der Waals surface area contributed by atoms with Gasteiger partial charge in [-0.2, -0.15) is 0 Å². The molecule has 132 valence electrons. The Balaban J connectivity index is 2.41. The minimum atomic E-state index is -0.470. The first-order chi connectivity index (χ1) is 11.9. The van der Waals surface area contributed by atoms with Gasteiger partial charge in [0.2, 0.25) is 0 Å². The van der Waals surface area contributed by atoms with Crippen molar-refractivity contribution >= 4 is 12.2 Å². The molecule has 0 aliphatic carbocycles. The number of rotatable bonds is 8. The van der Waals surface area contributed by atoms with Crippen LogP contribution < -0.4 is 4.74 Å². The van der Waals surface area contributed by atoms with Crippen LogP contribution in [0.25, 0.3) is 12.2 Å². The van der Waals surface area contributed by atoms with Gasteiger partial charge in [0.1, 0.15) is 11.5 Å². The van der Waals surface area contributed by atoms with Crippen LogP contribution in [0, 0.1) is 0 Å². The Kier molecular flexibility index (Phi) is 6.57. The molecule has 2 aromatic carbocycles. The van der Waals surface area contributed by atoms with Crippen LogP contribution in [0.5, 0.6) is 11.5 Å². The molecule has 3 heteroatoms. The average Bonchev–Trinajstić information content (AvgIpc) is 2.56. The van der Waals surface area contributed by atoms with Crippen LogP contribution >= 0.6 is 0 Å². The van der Waals surface area contributed by atoms with Gasteiger partial charge in [-0.15, -0.1) is 0 Å². The summed E-state index contributed by atoms with van der Waals surface area (Å²) in [4.78, 5) is 0. The lowest BCUT2D eigenvalue weighted by molar-refractivity contribution is 0.193. The van der Waals surface area contributed by atoms with Crippen LogP contribution in [0.4, 0.5) is 0 Å². The highest BCUT2D eigenvalue weighted by molar-refractivity contribution is 5.55. The highest BCUT2D eigenvalue weighted by atomic mass is 16.5. The van der Waals surface area contributed by atoms with Crippen LogP contribution in [0.15, 0.2) is 49.6 Å². The van der Waals surface area contributed by atoms with E-state index in [0.29, 0.717) is 24.3 Å². The zero-order chi connectivity index (χ0) is 18.4. The summed E-state index contributed by atoms with van der Waals surface area (Å²) in [5.41, 5.74) is 3.80. The van der Waals surface area contributed by atoms with Crippen molar-refractivity contribution in [3.05, 3.63) is 71.8 Å². The van der Waals surface area contributed by atoms with Gasteiger partial charge < -0.3 is 14.9 Å². The molecule has 2 rings (SSSR count). The van der Waals surface area contributed by atoms with E-state index in [1.807, 2.05) is 36.4 Å². The first-order valence-corrected chi connectivity index (χ1v) is 8.47. The maximum Gasteiger partial charge on any atom is 0.130 e. The minimum absolute atomic E-state index is 0.470. The van der Waals surface area contributed by atoms with Gasteiger partial charge >= 0.3 is 0 Å². The second-order valence-electron chi connectivity index (χ2n) is 6.35. The van der Waals surface area contributed by atoms with Crippen molar-refractivity contribution in [3.8, 4) is 11.5 Å². The number of aliphatic hydroxyl groups excluding tert-OH is 2. The fourth-order valence-corrected chi connectivity index (χ4v) is 2.73. The highest BCUT2D eigenvalue weighted by Crippen LogP contribution is 2.31. The molecule has 0 saturated heterocycles. The van der Waals surface area contributed by atoms with E-state index in [-0.39, 0.29) is 0 Å². The summed E-state index contributed by atoms with van der Waals surface area (Å²) >= 11 is 0. The molecular weight excluding hydrogens is 312 g/mol. The number of aliphatic hydroxyl groups is 2. The van der Waals surface area contributed by atoms with Crippen molar-refractivity contribution in [1.29, 1.82) is 0 Å². The van der Waals surface area contributed by atoms with Crippen LogP contribution in [-0.2, 0) is 12.8 Å². The summed E-state index contributed by atoms with van der Waals surface area (Å²) in [6, 6.07) is 11.6. The quantitative estimate of drug-likeness (QED) is 0.739. The normalized spacial score (nSPS) is 13.1. The van der Waals surface area contributed by atoms with E-state index in [0.717, 1.165) is 22.3 Å². The predicted molar refractivity (Wildman–Crippen MR) is 104 cm³/mol. The predicted octanol–water partition coefficient (Wildman–Crippen LogP) is 4.61. The largest absolute Gasteiger partial charge is 0.457 e. The number of hydrogen-bond acceptors (Lipinski definition) is 3. The maximum absolute atomic E-state index is 9.78. The van der Waals surface area contributed by atoms with E-state index < -0.39 is 12.2 Å². The third kappa shape index (κ3) is 5.31. The van der Waals surface area contributed by atoms with Gasteiger partial charge in [0.25, 0.3) is 0 Å². The first kappa shape index (κ1) is 19.0. The fraction of sp³-hybridized carbons (Fsp3) is 0.273. The zero-order valence-corrected chi connectivity index (χ0v) is 14.9. The molecule has 3 nitrogen and oxygen atoms in total. The second kappa shape index (κ2) is 8.65. The summed E-state index contributed by atoms with van der Waals surface area (Å²) < 4.78 is 6.15. The molecule has 0 saturated carbocycles. The van der Waals surface area contributed by atoms with Gasteiger partial charge in [0.15, 0.2) is 0 Å². The lowest BCUT2D eigenvalue weighted by Crippen LogP contribution is -2.08. The second-order valence-corrected chi connectivity index (χ2v) is 6.35. The first-order valence-electron chi connectivity index (χ1n) is 8.47. The van der Waals surface area contributed by atoms with Crippen molar-refractivity contribution in [3.63, 3.8) is 0 Å². The summed E-state index contributed by atoms with van der Waals surface area (Å²) in [6.45, 7) is 11.1. The summed E-state index contributed by atoms with van der Waals surface area (Å²) in [7, 11) is 0. The van der Waals surface area contributed by atoms with E-state index in [4.69, 9.17) is 4.74 Å². The average molecular weight is 338 g/mol. The van der Waals surface area contributed by atoms with Gasteiger partial charge in [-0.1, -0.05) is 37.4 Å². The molecule has 0 heterocycles. The molecule has 2 aromatic rings. The summed E-state index contributed by atoms with van der Waals surface area (Å²) in [5, 5.41) is 19.6. The standard InChI is InChI=1S/C22H26O3/c1-5-17-7-9-21(19(13-17)11-15(3)23)25-22-10-8-18(6-2)14-20(22)12-16(4)24/h5-10,13-16,23-24H,1-2,11-12H2,3-4H3.